The molecule has 1 amide bonds. The minimum atomic E-state index is -0.994. The van der Waals surface area contributed by atoms with E-state index in [4.69, 9.17) is 4.74 Å². The summed E-state index contributed by atoms with van der Waals surface area (Å²) in [6.07, 6.45) is 2.00. The maximum Gasteiger partial charge on any atom is 0.314 e. The molecule has 0 bridgehead atoms. The molecule has 0 radical (unpaired) electrons. The lowest BCUT2D eigenvalue weighted by molar-refractivity contribution is -0.906. The van der Waals surface area contributed by atoms with Gasteiger partial charge in [-0.1, -0.05) is 0 Å². The standard InChI is InChI=1S/C17H22F2N2O3/c1-2-24-17(23)12-4-3-8-21(11-12)9-7-16(22)20-13-5-6-14(18)15(19)10-13/h5-6,10,12H,2-4,7-9,11H2,1H3,(H,20,22)/p+1/t12-/m0/s1. The van der Waals surface area contributed by atoms with E-state index in [1.54, 1.807) is 6.92 Å². The van der Waals surface area contributed by atoms with Crippen LogP contribution in [-0.4, -0.2) is 38.1 Å². The average Bonchev–Trinajstić information content (AvgIpc) is 2.57. The van der Waals surface area contributed by atoms with Gasteiger partial charge < -0.3 is 15.0 Å². The van der Waals surface area contributed by atoms with Crippen LogP contribution >= 0.6 is 0 Å². The molecule has 2 atom stereocenters. The maximum atomic E-state index is 13.1. The van der Waals surface area contributed by atoms with Crippen molar-refractivity contribution in [3.05, 3.63) is 29.8 Å². The summed E-state index contributed by atoms with van der Waals surface area (Å²) >= 11 is 0. The first-order valence-corrected chi connectivity index (χ1v) is 8.24. The van der Waals surface area contributed by atoms with Gasteiger partial charge in [0.05, 0.1) is 32.7 Å². The Balaban J connectivity index is 1.78. The molecule has 24 heavy (non-hydrogen) atoms. The van der Waals surface area contributed by atoms with Crippen LogP contribution in [0.4, 0.5) is 14.5 Å². The maximum absolute atomic E-state index is 13.1. The Bertz CT molecular complexity index is 595. The van der Waals surface area contributed by atoms with Crippen molar-refractivity contribution >= 4 is 17.6 Å². The first kappa shape index (κ1) is 18.3. The predicted octanol–water partition coefficient (Wildman–Crippen LogP) is 1.15. The molecule has 1 aliphatic rings. The number of anilines is 1. The number of carbonyl (C=O) groups is 2. The van der Waals surface area contributed by atoms with Crippen LogP contribution in [0.5, 0.6) is 0 Å². The zero-order chi connectivity index (χ0) is 17.5. The lowest BCUT2D eigenvalue weighted by Crippen LogP contribution is -3.13. The van der Waals surface area contributed by atoms with Crippen LogP contribution < -0.4 is 10.2 Å². The number of benzene rings is 1. The van der Waals surface area contributed by atoms with Gasteiger partial charge in [0.25, 0.3) is 0 Å². The first-order valence-electron chi connectivity index (χ1n) is 8.24. The summed E-state index contributed by atoms with van der Waals surface area (Å²) in [6.45, 7) is 4.33. The van der Waals surface area contributed by atoms with Crippen molar-refractivity contribution < 1.29 is 28.0 Å². The number of quaternary nitrogens is 1. The van der Waals surface area contributed by atoms with Gasteiger partial charge >= 0.3 is 5.97 Å². The normalized spacial score (nSPS) is 20.5. The monoisotopic (exact) mass is 341 g/mol. The van der Waals surface area contributed by atoms with E-state index in [9.17, 15) is 18.4 Å². The zero-order valence-corrected chi connectivity index (χ0v) is 13.7. The zero-order valence-electron chi connectivity index (χ0n) is 13.7. The van der Waals surface area contributed by atoms with Crippen LogP contribution in [0.15, 0.2) is 18.2 Å². The molecular formula is C17H23F2N2O3+. The van der Waals surface area contributed by atoms with Crippen molar-refractivity contribution in [2.75, 3.05) is 31.6 Å². The summed E-state index contributed by atoms with van der Waals surface area (Å²) in [4.78, 5) is 24.9. The largest absolute Gasteiger partial charge is 0.466 e. The minimum absolute atomic E-state index is 0.108. The Morgan fingerprint density at radius 1 is 1.33 bits per heavy atom. The number of piperidine rings is 1. The van der Waals surface area contributed by atoms with Crippen molar-refractivity contribution in [1.82, 2.24) is 0 Å². The molecule has 7 heteroatoms. The summed E-state index contributed by atoms with van der Waals surface area (Å²) in [5.41, 5.74) is 0.233. The number of likely N-dealkylation sites (tertiary alicyclic amines) is 1. The topological polar surface area (TPSA) is 59.8 Å². The van der Waals surface area contributed by atoms with Gasteiger partial charge in [-0.3, -0.25) is 9.59 Å². The second-order valence-electron chi connectivity index (χ2n) is 5.97. The van der Waals surface area contributed by atoms with E-state index in [1.165, 1.54) is 11.0 Å². The van der Waals surface area contributed by atoms with Gasteiger partial charge in [0.15, 0.2) is 11.6 Å². The summed E-state index contributed by atoms with van der Waals surface area (Å²) in [6, 6.07) is 3.25. The quantitative estimate of drug-likeness (QED) is 0.763. The van der Waals surface area contributed by atoms with Gasteiger partial charge in [-0.05, 0) is 31.9 Å². The number of amides is 1. The molecular weight excluding hydrogens is 318 g/mol. The predicted molar refractivity (Wildman–Crippen MR) is 84.5 cm³/mol. The third kappa shape index (κ3) is 5.26. The fourth-order valence-corrected chi connectivity index (χ4v) is 2.93. The molecule has 5 nitrogen and oxygen atoms in total. The number of halogens is 2. The molecule has 2 rings (SSSR count). The van der Waals surface area contributed by atoms with Crippen LogP contribution in [0.3, 0.4) is 0 Å². The molecule has 1 fully saturated rings. The molecule has 1 aromatic carbocycles. The lowest BCUT2D eigenvalue weighted by Gasteiger charge is -2.28. The summed E-state index contributed by atoms with van der Waals surface area (Å²) < 4.78 is 31.0. The fourth-order valence-electron chi connectivity index (χ4n) is 2.93. The van der Waals surface area contributed by atoms with E-state index >= 15 is 0 Å². The first-order chi connectivity index (χ1) is 11.5. The van der Waals surface area contributed by atoms with Gasteiger partial charge in [0.1, 0.15) is 5.92 Å². The Labute approximate surface area is 140 Å². The number of hydrogen-bond acceptors (Lipinski definition) is 3. The number of rotatable bonds is 6. The van der Waals surface area contributed by atoms with Gasteiger partial charge in [0, 0.05) is 11.8 Å². The Morgan fingerprint density at radius 3 is 2.83 bits per heavy atom. The van der Waals surface area contributed by atoms with Crippen LogP contribution in [0, 0.1) is 17.6 Å². The Morgan fingerprint density at radius 2 is 2.12 bits per heavy atom. The third-order valence-electron chi connectivity index (χ3n) is 4.15. The van der Waals surface area contributed by atoms with Gasteiger partial charge in [-0.25, -0.2) is 8.78 Å². The highest BCUT2D eigenvalue weighted by Crippen LogP contribution is 2.13. The van der Waals surface area contributed by atoms with E-state index in [-0.39, 0.29) is 29.9 Å². The van der Waals surface area contributed by atoms with Crippen molar-refractivity contribution in [3.8, 4) is 0 Å². The van der Waals surface area contributed by atoms with E-state index in [1.807, 2.05) is 0 Å². The van der Waals surface area contributed by atoms with Gasteiger partial charge in [-0.15, -0.1) is 0 Å². The molecule has 1 saturated heterocycles. The van der Waals surface area contributed by atoms with Gasteiger partial charge in [0.2, 0.25) is 5.91 Å². The van der Waals surface area contributed by atoms with Crippen LogP contribution in [0.2, 0.25) is 0 Å². The SMILES string of the molecule is CCOC(=O)[C@H]1CCC[NH+](CCC(=O)Nc2ccc(F)c(F)c2)C1. The van der Waals surface area contributed by atoms with Crippen molar-refractivity contribution in [3.63, 3.8) is 0 Å². The van der Waals surface area contributed by atoms with E-state index < -0.39 is 11.6 Å². The Kier molecular flexibility index (Phi) is 6.66. The van der Waals surface area contributed by atoms with Crippen LogP contribution in [-0.2, 0) is 14.3 Å². The molecule has 0 saturated carbocycles. The molecule has 1 heterocycles. The summed E-state index contributed by atoms with van der Waals surface area (Å²) in [5, 5.41) is 2.55. The fraction of sp³-hybridized carbons (Fsp3) is 0.529. The summed E-state index contributed by atoms with van der Waals surface area (Å²) in [5.74, 6) is -2.47. The average molecular weight is 341 g/mol. The van der Waals surface area contributed by atoms with E-state index in [0.29, 0.717) is 19.7 Å². The molecule has 1 unspecified atom stereocenters. The molecule has 1 aliphatic heterocycles. The van der Waals surface area contributed by atoms with Crippen LogP contribution in [0.1, 0.15) is 26.2 Å². The second kappa shape index (κ2) is 8.73. The highest BCUT2D eigenvalue weighted by atomic mass is 19.2. The second-order valence-corrected chi connectivity index (χ2v) is 5.97. The third-order valence-corrected chi connectivity index (χ3v) is 4.15. The highest BCUT2D eigenvalue weighted by Gasteiger charge is 2.29. The van der Waals surface area contributed by atoms with E-state index in [0.717, 1.165) is 31.5 Å². The number of esters is 1. The molecule has 1 aromatic rings. The molecule has 0 spiro atoms. The molecule has 2 N–H and O–H groups in total. The number of nitrogens with one attached hydrogen (secondary N) is 2. The lowest BCUT2D eigenvalue weighted by atomic mass is 9.98. The molecule has 0 aliphatic carbocycles. The molecule has 0 aromatic heterocycles. The summed E-state index contributed by atoms with van der Waals surface area (Å²) in [7, 11) is 0. The van der Waals surface area contributed by atoms with Gasteiger partial charge in [-0.2, -0.15) is 0 Å². The minimum Gasteiger partial charge on any atom is -0.466 e. The van der Waals surface area contributed by atoms with Crippen molar-refractivity contribution in [1.29, 1.82) is 0 Å². The van der Waals surface area contributed by atoms with E-state index in [2.05, 4.69) is 5.32 Å². The number of ether oxygens (including phenoxy) is 1. The number of carbonyl (C=O) groups excluding carboxylic acids is 2. The highest BCUT2D eigenvalue weighted by molar-refractivity contribution is 5.90. The molecule has 132 valence electrons. The smallest absolute Gasteiger partial charge is 0.314 e. The van der Waals surface area contributed by atoms with Crippen molar-refractivity contribution in [2.24, 2.45) is 5.92 Å². The van der Waals surface area contributed by atoms with Crippen LogP contribution in [0.25, 0.3) is 0 Å². The number of hydrogen-bond donors (Lipinski definition) is 2. The van der Waals surface area contributed by atoms with Crippen molar-refractivity contribution in [2.45, 2.75) is 26.2 Å². The Hall–Kier alpha value is -2.02.